The van der Waals surface area contributed by atoms with E-state index in [1.807, 2.05) is 42.5 Å². The van der Waals surface area contributed by atoms with Gasteiger partial charge in [0.15, 0.2) is 0 Å². The van der Waals surface area contributed by atoms with Crippen molar-refractivity contribution >= 4 is 5.97 Å². The van der Waals surface area contributed by atoms with Gasteiger partial charge in [-0.2, -0.15) is 5.10 Å². The van der Waals surface area contributed by atoms with Crippen molar-refractivity contribution in [3.05, 3.63) is 72.1 Å². The van der Waals surface area contributed by atoms with E-state index in [0.717, 1.165) is 22.3 Å². The quantitative estimate of drug-likeness (QED) is 0.733. The normalized spacial score (nSPS) is 10.4. The zero-order chi connectivity index (χ0) is 16.1. The van der Waals surface area contributed by atoms with Crippen LogP contribution in [0.3, 0.4) is 0 Å². The Morgan fingerprint density at radius 1 is 1.13 bits per heavy atom. The first-order valence-corrected chi connectivity index (χ1v) is 7.23. The van der Waals surface area contributed by atoms with Gasteiger partial charge < -0.3 is 9.84 Å². The standard InChI is InChI=1S/C18H16N2O3/c21-18(22)9-14-6-7-17(16(8-14)15-10-19-20-11-15)23-12-13-4-2-1-3-5-13/h1-8,10-11H,9,12H2,(H,19,20)(H,21,22). The number of carboxylic acid groups (broad SMARTS) is 1. The van der Waals surface area contributed by atoms with Crippen LogP contribution >= 0.6 is 0 Å². The highest BCUT2D eigenvalue weighted by atomic mass is 16.5. The molecule has 0 saturated carbocycles. The number of carbonyl (C=O) groups is 1. The van der Waals surface area contributed by atoms with Gasteiger partial charge in [0.05, 0.1) is 12.6 Å². The van der Waals surface area contributed by atoms with Crippen LogP contribution in [0.4, 0.5) is 0 Å². The molecule has 0 fully saturated rings. The lowest BCUT2D eigenvalue weighted by Gasteiger charge is -2.12. The van der Waals surface area contributed by atoms with Crippen molar-refractivity contribution in [2.24, 2.45) is 0 Å². The molecule has 0 spiro atoms. The molecule has 3 aromatic rings. The highest BCUT2D eigenvalue weighted by molar-refractivity contribution is 5.74. The Morgan fingerprint density at radius 2 is 1.96 bits per heavy atom. The zero-order valence-corrected chi connectivity index (χ0v) is 12.4. The van der Waals surface area contributed by atoms with Crippen molar-refractivity contribution in [2.45, 2.75) is 13.0 Å². The van der Waals surface area contributed by atoms with Crippen LogP contribution in [0, 0.1) is 0 Å². The van der Waals surface area contributed by atoms with Crippen molar-refractivity contribution in [2.75, 3.05) is 0 Å². The van der Waals surface area contributed by atoms with Gasteiger partial charge in [-0.05, 0) is 23.3 Å². The van der Waals surface area contributed by atoms with E-state index in [-0.39, 0.29) is 6.42 Å². The Balaban J connectivity index is 1.87. The number of aliphatic carboxylic acids is 1. The van der Waals surface area contributed by atoms with E-state index >= 15 is 0 Å². The molecule has 0 saturated heterocycles. The van der Waals surface area contributed by atoms with Gasteiger partial charge in [-0.3, -0.25) is 9.89 Å². The molecule has 0 radical (unpaired) electrons. The van der Waals surface area contributed by atoms with Gasteiger partial charge in [-0.25, -0.2) is 0 Å². The van der Waals surface area contributed by atoms with Gasteiger partial charge in [0.1, 0.15) is 12.4 Å². The van der Waals surface area contributed by atoms with Crippen LogP contribution in [0.2, 0.25) is 0 Å². The molecule has 2 aromatic carbocycles. The Hall–Kier alpha value is -3.08. The van der Waals surface area contributed by atoms with Gasteiger partial charge in [0.2, 0.25) is 0 Å². The first kappa shape index (κ1) is 14.8. The van der Waals surface area contributed by atoms with Crippen molar-refractivity contribution in [1.82, 2.24) is 10.2 Å². The van der Waals surface area contributed by atoms with Crippen LogP contribution in [-0.2, 0) is 17.8 Å². The molecule has 0 bridgehead atoms. The molecule has 3 rings (SSSR count). The lowest BCUT2D eigenvalue weighted by atomic mass is 10.0. The lowest BCUT2D eigenvalue weighted by Crippen LogP contribution is -2.01. The van der Waals surface area contributed by atoms with E-state index in [0.29, 0.717) is 12.4 Å². The summed E-state index contributed by atoms with van der Waals surface area (Å²) in [5.41, 5.74) is 3.48. The van der Waals surface area contributed by atoms with Crippen LogP contribution in [0.25, 0.3) is 11.1 Å². The second kappa shape index (κ2) is 6.79. The molecule has 0 amide bonds. The Labute approximate surface area is 133 Å². The van der Waals surface area contributed by atoms with Gasteiger partial charge in [0, 0.05) is 17.3 Å². The Kier molecular flexibility index (Phi) is 4.38. The highest BCUT2D eigenvalue weighted by Gasteiger charge is 2.11. The van der Waals surface area contributed by atoms with Crippen molar-refractivity contribution < 1.29 is 14.6 Å². The molecule has 0 unspecified atom stereocenters. The molecular weight excluding hydrogens is 292 g/mol. The summed E-state index contributed by atoms with van der Waals surface area (Å²) in [7, 11) is 0. The maximum Gasteiger partial charge on any atom is 0.307 e. The lowest BCUT2D eigenvalue weighted by molar-refractivity contribution is -0.136. The number of hydrogen-bond acceptors (Lipinski definition) is 3. The number of carboxylic acids is 1. The number of nitrogens with zero attached hydrogens (tertiary/aromatic N) is 1. The average Bonchev–Trinajstić information content (AvgIpc) is 3.08. The summed E-state index contributed by atoms with van der Waals surface area (Å²) in [5.74, 6) is -0.162. The molecule has 2 N–H and O–H groups in total. The summed E-state index contributed by atoms with van der Waals surface area (Å²) in [6, 6.07) is 15.3. The second-order valence-electron chi connectivity index (χ2n) is 5.16. The molecule has 0 aliphatic rings. The van der Waals surface area contributed by atoms with Crippen LogP contribution in [0.1, 0.15) is 11.1 Å². The van der Waals surface area contributed by atoms with Crippen LogP contribution in [0.5, 0.6) is 5.75 Å². The van der Waals surface area contributed by atoms with Crippen molar-refractivity contribution in [1.29, 1.82) is 0 Å². The number of H-pyrrole nitrogens is 1. The van der Waals surface area contributed by atoms with Crippen molar-refractivity contribution in [3.8, 4) is 16.9 Å². The second-order valence-corrected chi connectivity index (χ2v) is 5.16. The fourth-order valence-corrected chi connectivity index (χ4v) is 2.35. The fraction of sp³-hybridized carbons (Fsp3) is 0.111. The average molecular weight is 308 g/mol. The van der Waals surface area contributed by atoms with Crippen LogP contribution < -0.4 is 4.74 Å². The van der Waals surface area contributed by atoms with Gasteiger partial charge in [-0.1, -0.05) is 36.4 Å². The van der Waals surface area contributed by atoms with Gasteiger partial charge in [0.25, 0.3) is 0 Å². The van der Waals surface area contributed by atoms with Gasteiger partial charge >= 0.3 is 5.97 Å². The molecular formula is C18H16N2O3. The van der Waals surface area contributed by atoms with Crippen LogP contribution in [-0.4, -0.2) is 21.3 Å². The fourth-order valence-electron chi connectivity index (χ4n) is 2.35. The number of nitrogens with one attached hydrogen (secondary N) is 1. The number of aromatic amines is 1. The first-order chi connectivity index (χ1) is 11.2. The largest absolute Gasteiger partial charge is 0.488 e. The predicted octanol–water partition coefficient (Wildman–Crippen LogP) is 3.28. The minimum Gasteiger partial charge on any atom is -0.488 e. The SMILES string of the molecule is O=C(O)Cc1ccc(OCc2ccccc2)c(-c2cn[nH]c2)c1. The van der Waals surface area contributed by atoms with E-state index < -0.39 is 5.97 Å². The van der Waals surface area contributed by atoms with E-state index in [4.69, 9.17) is 9.84 Å². The number of aromatic nitrogens is 2. The maximum absolute atomic E-state index is 10.9. The summed E-state index contributed by atoms with van der Waals surface area (Å²) in [6.07, 6.45) is 3.42. The van der Waals surface area contributed by atoms with Gasteiger partial charge in [-0.15, -0.1) is 0 Å². The summed E-state index contributed by atoms with van der Waals surface area (Å²) >= 11 is 0. The molecule has 0 aliphatic heterocycles. The highest BCUT2D eigenvalue weighted by Crippen LogP contribution is 2.31. The number of hydrogen-bond donors (Lipinski definition) is 2. The number of benzene rings is 2. The summed E-state index contributed by atoms with van der Waals surface area (Å²) in [6.45, 7) is 0.448. The smallest absolute Gasteiger partial charge is 0.307 e. The molecule has 0 aliphatic carbocycles. The third-order valence-corrected chi connectivity index (χ3v) is 3.45. The molecule has 1 heterocycles. The van der Waals surface area contributed by atoms with E-state index in [1.165, 1.54) is 0 Å². The third kappa shape index (κ3) is 3.77. The minimum absolute atomic E-state index is 0.0240. The number of rotatable bonds is 6. The summed E-state index contributed by atoms with van der Waals surface area (Å²) in [4.78, 5) is 10.9. The van der Waals surface area contributed by atoms with E-state index in [9.17, 15) is 4.79 Å². The van der Waals surface area contributed by atoms with Crippen molar-refractivity contribution in [3.63, 3.8) is 0 Å². The molecule has 116 valence electrons. The predicted molar refractivity (Wildman–Crippen MR) is 86.1 cm³/mol. The van der Waals surface area contributed by atoms with E-state index in [1.54, 1.807) is 18.5 Å². The Bertz CT molecular complexity index is 783. The molecule has 1 aromatic heterocycles. The minimum atomic E-state index is -0.860. The Morgan fingerprint density at radius 3 is 2.65 bits per heavy atom. The maximum atomic E-state index is 10.9. The monoisotopic (exact) mass is 308 g/mol. The van der Waals surface area contributed by atoms with E-state index in [2.05, 4.69) is 10.2 Å². The molecule has 23 heavy (non-hydrogen) atoms. The van der Waals surface area contributed by atoms with Crippen LogP contribution in [0.15, 0.2) is 60.9 Å². The summed E-state index contributed by atoms with van der Waals surface area (Å²) in [5, 5.41) is 15.7. The zero-order valence-electron chi connectivity index (χ0n) is 12.4. The molecule has 0 atom stereocenters. The topological polar surface area (TPSA) is 75.2 Å². The first-order valence-electron chi connectivity index (χ1n) is 7.23. The third-order valence-electron chi connectivity index (χ3n) is 3.45. The molecule has 5 nitrogen and oxygen atoms in total. The molecule has 5 heteroatoms. The number of ether oxygens (including phenoxy) is 1. The summed E-state index contributed by atoms with van der Waals surface area (Å²) < 4.78 is 5.92.